The molecule has 0 aliphatic carbocycles. The average molecular weight is 528 g/mol. The number of methoxy groups -OCH3 is 1. The van der Waals surface area contributed by atoms with Gasteiger partial charge >= 0.3 is 0 Å². The van der Waals surface area contributed by atoms with Gasteiger partial charge in [-0.15, -0.1) is 24.0 Å². The summed E-state index contributed by atoms with van der Waals surface area (Å²) >= 11 is 3.48. The van der Waals surface area contributed by atoms with E-state index in [1.165, 1.54) is 0 Å². The Hall–Kier alpha value is -0.580. The highest BCUT2D eigenvalue weighted by Gasteiger charge is 2.15. The van der Waals surface area contributed by atoms with Gasteiger partial charge in [0.05, 0.1) is 19.8 Å². The third-order valence-corrected chi connectivity index (χ3v) is 4.26. The first-order valence-electron chi connectivity index (χ1n) is 8.19. The molecule has 1 heterocycles. The summed E-state index contributed by atoms with van der Waals surface area (Å²) < 4.78 is 17.4. The van der Waals surface area contributed by atoms with Gasteiger partial charge in [0.15, 0.2) is 5.96 Å². The highest BCUT2D eigenvalue weighted by atomic mass is 127. The molecular formula is C17H27BrIN3O3. The van der Waals surface area contributed by atoms with Crippen LogP contribution in [0, 0.1) is 0 Å². The molecule has 25 heavy (non-hydrogen) atoms. The zero-order chi connectivity index (χ0) is 17.2. The van der Waals surface area contributed by atoms with E-state index in [2.05, 4.69) is 31.6 Å². The third kappa shape index (κ3) is 8.10. The number of aliphatic imine (C=N–C) groups is 1. The zero-order valence-electron chi connectivity index (χ0n) is 14.7. The third-order valence-electron chi connectivity index (χ3n) is 3.77. The van der Waals surface area contributed by atoms with Gasteiger partial charge in [-0.2, -0.15) is 0 Å². The van der Waals surface area contributed by atoms with E-state index in [4.69, 9.17) is 14.2 Å². The Morgan fingerprint density at radius 3 is 2.92 bits per heavy atom. The van der Waals surface area contributed by atoms with Crippen LogP contribution in [-0.2, 0) is 16.0 Å². The molecule has 8 heteroatoms. The molecule has 0 bridgehead atoms. The predicted octanol–water partition coefficient (Wildman–Crippen LogP) is 2.94. The number of halogens is 2. The highest BCUT2D eigenvalue weighted by Crippen LogP contribution is 2.22. The molecule has 142 valence electrons. The van der Waals surface area contributed by atoms with Crippen molar-refractivity contribution in [1.82, 2.24) is 10.6 Å². The van der Waals surface area contributed by atoms with E-state index in [9.17, 15) is 0 Å². The Balaban J connectivity index is 0.00000312. The van der Waals surface area contributed by atoms with Gasteiger partial charge in [0.25, 0.3) is 0 Å². The maximum Gasteiger partial charge on any atom is 0.191 e. The number of ether oxygens (including phenoxy) is 3. The molecule has 2 N–H and O–H groups in total. The van der Waals surface area contributed by atoms with Crippen LogP contribution in [0.25, 0.3) is 0 Å². The van der Waals surface area contributed by atoms with Gasteiger partial charge in [0.1, 0.15) is 5.75 Å². The number of rotatable bonds is 8. The Labute approximate surface area is 175 Å². The lowest BCUT2D eigenvalue weighted by atomic mass is 10.2. The van der Waals surface area contributed by atoms with Gasteiger partial charge in [-0.3, -0.25) is 4.99 Å². The second-order valence-electron chi connectivity index (χ2n) is 5.52. The fraction of sp³-hybridized carbons (Fsp3) is 0.588. The van der Waals surface area contributed by atoms with Gasteiger partial charge in [-0.1, -0.05) is 15.9 Å². The van der Waals surface area contributed by atoms with Gasteiger partial charge < -0.3 is 24.8 Å². The van der Waals surface area contributed by atoms with Crippen molar-refractivity contribution >= 4 is 45.9 Å². The van der Waals surface area contributed by atoms with Crippen molar-refractivity contribution < 1.29 is 14.2 Å². The topological polar surface area (TPSA) is 64.1 Å². The fourth-order valence-electron chi connectivity index (χ4n) is 2.46. The first-order chi connectivity index (χ1) is 11.7. The first kappa shape index (κ1) is 22.5. The predicted molar refractivity (Wildman–Crippen MR) is 114 cm³/mol. The van der Waals surface area contributed by atoms with Gasteiger partial charge in [-0.05, 0) is 31.0 Å². The minimum Gasteiger partial charge on any atom is -0.496 e. The van der Waals surface area contributed by atoms with Gasteiger partial charge in [0.2, 0.25) is 0 Å². The molecule has 6 nitrogen and oxygen atoms in total. The van der Waals surface area contributed by atoms with Crippen LogP contribution in [0.5, 0.6) is 5.75 Å². The maximum atomic E-state index is 5.74. The summed E-state index contributed by atoms with van der Waals surface area (Å²) in [6.45, 7) is 3.72. The molecule has 1 saturated heterocycles. The van der Waals surface area contributed by atoms with Crippen LogP contribution >= 0.6 is 39.9 Å². The van der Waals surface area contributed by atoms with Crippen molar-refractivity contribution in [1.29, 1.82) is 0 Å². The standard InChI is InChI=1S/C17H26BrN3O3.HI/c1-19-17(20-7-3-8-24-15-6-9-23-12-15)21-11-13-10-14(18)4-5-16(13)22-2;/h4-5,10,15H,3,6-9,11-12H2,1-2H3,(H2,19,20,21);1H. The largest absolute Gasteiger partial charge is 0.496 e. The van der Waals surface area contributed by atoms with Crippen molar-refractivity contribution in [3.8, 4) is 5.75 Å². The van der Waals surface area contributed by atoms with E-state index >= 15 is 0 Å². The molecule has 1 aliphatic heterocycles. The molecule has 0 radical (unpaired) electrons. The van der Waals surface area contributed by atoms with E-state index in [0.29, 0.717) is 6.54 Å². The number of nitrogens with one attached hydrogen (secondary N) is 2. The van der Waals surface area contributed by atoms with Gasteiger partial charge in [-0.25, -0.2) is 0 Å². The molecular weight excluding hydrogens is 501 g/mol. The summed E-state index contributed by atoms with van der Waals surface area (Å²) in [6.07, 6.45) is 2.20. The van der Waals surface area contributed by atoms with E-state index < -0.39 is 0 Å². The number of benzene rings is 1. The SMILES string of the molecule is CN=C(NCCCOC1CCOC1)NCc1cc(Br)ccc1OC.I. The molecule has 0 amide bonds. The summed E-state index contributed by atoms with van der Waals surface area (Å²) in [6, 6.07) is 5.95. The Morgan fingerprint density at radius 1 is 1.40 bits per heavy atom. The molecule has 0 saturated carbocycles. The minimum atomic E-state index is 0. The van der Waals surface area contributed by atoms with Crippen LogP contribution in [0.15, 0.2) is 27.7 Å². The molecule has 1 aromatic rings. The lowest BCUT2D eigenvalue weighted by molar-refractivity contribution is 0.0420. The van der Waals surface area contributed by atoms with E-state index in [0.717, 1.165) is 61.0 Å². The minimum absolute atomic E-state index is 0. The average Bonchev–Trinajstić information content (AvgIpc) is 3.11. The molecule has 1 atom stereocenters. The smallest absolute Gasteiger partial charge is 0.191 e. The van der Waals surface area contributed by atoms with Crippen LogP contribution in [-0.4, -0.2) is 52.6 Å². The monoisotopic (exact) mass is 527 g/mol. The molecule has 1 unspecified atom stereocenters. The summed E-state index contributed by atoms with van der Waals surface area (Å²) in [5.41, 5.74) is 1.07. The van der Waals surface area contributed by atoms with E-state index in [1.807, 2.05) is 18.2 Å². The van der Waals surface area contributed by atoms with Gasteiger partial charge in [0, 0.05) is 43.4 Å². The van der Waals surface area contributed by atoms with Crippen molar-refractivity contribution in [3.05, 3.63) is 28.2 Å². The fourth-order valence-corrected chi connectivity index (χ4v) is 2.87. The normalized spacial score (nSPS) is 17.1. The summed E-state index contributed by atoms with van der Waals surface area (Å²) in [5.74, 6) is 1.62. The summed E-state index contributed by atoms with van der Waals surface area (Å²) in [7, 11) is 3.44. The van der Waals surface area contributed by atoms with Crippen molar-refractivity contribution in [2.75, 3.05) is 40.5 Å². The molecule has 0 aromatic heterocycles. The second-order valence-corrected chi connectivity index (χ2v) is 6.43. The number of guanidine groups is 1. The quantitative estimate of drug-likeness (QED) is 0.235. The Bertz CT molecular complexity index is 540. The lowest BCUT2D eigenvalue weighted by Gasteiger charge is -2.14. The Kier molecular flexibility index (Phi) is 11.4. The Morgan fingerprint density at radius 2 is 2.24 bits per heavy atom. The summed E-state index contributed by atoms with van der Waals surface area (Å²) in [5, 5.41) is 6.59. The molecule has 1 fully saturated rings. The van der Waals surface area contributed by atoms with Crippen LogP contribution in [0.4, 0.5) is 0 Å². The number of hydrogen-bond donors (Lipinski definition) is 2. The lowest BCUT2D eigenvalue weighted by Crippen LogP contribution is -2.37. The van der Waals surface area contributed by atoms with Crippen molar-refractivity contribution in [2.45, 2.75) is 25.5 Å². The van der Waals surface area contributed by atoms with Crippen LogP contribution in [0.1, 0.15) is 18.4 Å². The first-order valence-corrected chi connectivity index (χ1v) is 8.98. The second kappa shape index (κ2) is 12.7. The van der Waals surface area contributed by atoms with Crippen LogP contribution in [0.2, 0.25) is 0 Å². The molecule has 0 spiro atoms. The molecule has 2 rings (SSSR count). The maximum absolute atomic E-state index is 5.74. The van der Waals surface area contributed by atoms with Crippen molar-refractivity contribution in [2.24, 2.45) is 4.99 Å². The van der Waals surface area contributed by atoms with Crippen molar-refractivity contribution in [3.63, 3.8) is 0 Å². The number of hydrogen-bond acceptors (Lipinski definition) is 4. The van der Waals surface area contributed by atoms with Crippen LogP contribution < -0.4 is 15.4 Å². The molecule has 1 aliphatic rings. The highest BCUT2D eigenvalue weighted by molar-refractivity contribution is 14.0. The summed E-state index contributed by atoms with van der Waals surface area (Å²) in [4.78, 5) is 4.24. The molecule has 1 aromatic carbocycles. The zero-order valence-corrected chi connectivity index (χ0v) is 18.6. The van der Waals surface area contributed by atoms with E-state index in [1.54, 1.807) is 14.2 Å². The number of nitrogens with zero attached hydrogens (tertiary/aromatic N) is 1. The van der Waals surface area contributed by atoms with E-state index in [-0.39, 0.29) is 30.1 Å². The van der Waals surface area contributed by atoms with Crippen LogP contribution in [0.3, 0.4) is 0 Å².